The Morgan fingerprint density at radius 3 is 2.50 bits per heavy atom. The molecule has 0 spiro atoms. The molecule has 3 nitrogen and oxygen atoms in total. The fourth-order valence-electron chi connectivity index (χ4n) is 2.92. The zero-order valence-corrected chi connectivity index (χ0v) is 10.9. The Labute approximate surface area is 98.2 Å². The first-order valence-corrected chi connectivity index (χ1v) is 6.44. The maximum Gasteiger partial charge on any atom is 0.0631 e. The molecular weight excluding hydrogens is 198 g/mol. The van der Waals surface area contributed by atoms with Crippen molar-refractivity contribution >= 4 is 0 Å². The molecule has 0 atom stereocenters. The number of aromatic nitrogens is 2. The van der Waals surface area contributed by atoms with E-state index in [1.54, 1.807) is 0 Å². The van der Waals surface area contributed by atoms with Crippen LogP contribution in [0.5, 0.6) is 0 Å². The first-order valence-electron chi connectivity index (χ1n) is 6.44. The Bertz CT molecular complexity index is 361. The second-order valence-electron chi connectivity index (χ2n) is 4.82. The molecule has 1 fully saturated rings. The van der Waals surface area contributed by atoms with Gasteiger partial charge in [-0.2, -0.15) is 5.10 Å². The third-order valence-corrected chi connectivity index (χ3v) is 3.78. The van der Waals surface area contributed by atoms with E-state index in [-0.39, 0.29) is 0 Å². The van der Waals surface area contributed by atoms with Crippen LogP contribution in [0, 0.1) is 13.8 Å². The van der Waals surface area contributed by atoms with Gasteiger partial charge >= 0.3 is 0 Å². The predicted octanol–water partition coefficient (Wildman–Crippen LogP) is 2.38. The van der Waals surface area contributed by atoms with Crippen molar-refractivity contribution in [2.45, 2.75) is 59.0 Å². The van der Waals surface area contributed by atoms with Crippen LogP contribution in [0.1, 0.15) is 49.6 Å². The fraction of sp³-hybridized carbons (Fsp3) is 0.769. The highest BCUT2D eigenvalue weighted by Crippen LogP contribution is 2.39. The van der Waals surface area contributed by atoms with Gasteiger partial charge in [0.05, 0.1) is 5.69 Å². The lowest BCUT2D eigenvalue weighted by atomic mass is 9.75. The SMILES string of the molecule is CCNC1CC(c2c(C)nn(CC)c2C)C1. The van der Waals surface area contributed by atoms with E-state index < -0.39 is 0 Å². The van der Waals surface area contributed by atoms with Crippen LogP contribution >= 0.6 is 0 Å². The van der Waals surface area contributed by atoms with Gasteiger partial charge in [-0.05, 0) is 51.6 Å². The molecule has 0 radical (unpaired) electrons. The van der Waals surface area contributed by atoms with Crippen molar-refractivity contribution < 1.29 is 0 Å². The van der Waals surface area contributed by atoms with Crippen LogP contribution < -0.4 is 5.32 Å². The van der Waals surface area contributed by atoms with E-state index in [1.807, 2.05) is 0 Å². The highest BCUT2D eigenvalue weighted by Gasteiger charge is 2.33. The molecule has 0 bridgehead atoms. The lowest BCUT2D eigenvalue weighted by Gasteiger charge is -2.36. The van der Waals surface area contributed by atoms with Crippen LogP contribution in [0.4, 0.5) is 0 Å². The van der Waals surface area contributed by atoms with Crippen molar-refractivity contribution in [1.82, 2.24) is 15.1 Å². The van der Waals surface area contributed by atoms with Gasteiger partial charge in [-0.1, -0.05) is 6.92 Å². The molecule has 90 valence electrons. The summed E-state index contributed by atoms with van der Waals surface area (Å²) in [5, 5.41) is 8.11. The standard InChI is InChI=1S/C13H23N3/c1-5-14-12-7-11(8-12)13-9(3)15-16(6-2)10(13)4/h11-12,14H,5-8H2,1-4H3. The zero-order valence-electron chi connectivity index (χ0n) is 10.9. The molecule has 1 saturated carbocycles. The predicted molar refractivity (Wildman–Crippen MR) is 66.8 cm³/mol. The van der Waals surface area contributed by atoms with Gasteiger partial charge in [0.25, 0.3) is 0 Å². The number of rotatable bonds is 4. The molecule has 1 aromatic heterocycles. The van der Waals surface area contributed by atoms with Gasteiger partial charge in [-0.3, -0.25) is 4.68 Å². The van der Waals surface area contributed by atoms with E-state index in [4.69, 9.17) is 0 Å². The van der Waals surface area contributed by atoms with Gasteiger partial charge in [0, 0.05) is 18.3 Å². The van der Waals surface area contributed by atoms with Crippen molar-refractivity contribution in [1.29, 1.82) is 0 Å². The molecule has 0 unspecified atom stereocenters. The molecule has 3 heteroatoms. The van der Waals surface area contributed by atoms with Crippen molar-refractivity contribution in [3.63, 3.8) is 0 Å². The van der Waals surface area contributed by atoms with Crippen molar-refractivity contribution in [2.24, 2.45) is 0 Å². The lowest BCUT2D eigenvalue weighted by molar-refractivity contribution is 0.294. The summed E-state index contributed by atoms with van der Waals surface area (Å²) in [5.41, 5.74) is 4.12. The zero-order chi connectivity index (χ0) is 11.7. The van der Waals surface area contributed by atoms with Gasteiger partial charge < -0.3 is 5.32 Å². The summed E-state index contributed by atoms with van der Waals surface area (Å²) >= 11 is 0. The van der Waals surface area contributed by atoms with Crippen molar-refractivity contribution in [3.8, 4) is 0 Å². The Morgan fingerprint density at radius 2 is 2.00 bits per heavy atom. The molecule has 1 N–H and O–H groups in total. The first kappa shape index (κ1) is 11.6. The summed E-state index contributed by atoms with van der Waals surface area (Å²) in [6, 6.07) is 0.735. The lowest BCUT2D eigenvalue weighted by Crippen LogP contribution is -2.40. The Kier molecular flexibility index (Phi) is 3.33. The van der Waals surface area contributed by atoms with E-state index >= 15 is 0 Å². The van der Waals surface area contributed by atoms with Crippen LogP contribution in [0.2, 0.25) is 0 Å². The quantitative estimate of drug-likeness (QED) is 0.846. The summed E-state index contributed by atoms with van der Waals surface area (Å²) < 4.78 is 2.13. The molecule has 0 aromatic carbocycles. The second kappa shape index (κ2) is 4.58. The summed E-state index contributed by atoms with van der Waals surface area (Å²) in [6.45, 7) is 10.8. The largest absolute Gasteiger partial charge is 0.314 e. The minimum atomic E-state index is 0.735. The van der Waals surface area contributed by atoms with Gasteiger partial charge in [-0.25, -0.2) is 0 Å². The van der Waals surface area contributed by atoms with Crippen LogP contribution in [0.25, 0.3) is 0 Å². The second-order valence-corrected chi connectivity index (χ2v) is 4.82. The first-order chi connectivity index (χ1) is 7.67. The third-order valence-electron chi connectivity index (χ3n) is 3.78. The highest BCUT2D eigenvalue weighted by atomic mass is 15.3. The Balaban J connectivity index is 2.08. The minimum Gasteiger partial charge on any atom is -0.314 e. The monoisotopic (exact) mass is 221 g/mol. The molecule has 1 heterocycles. The number of nitrogens with one attached hydrogen (secondary N) is 1. The number of hydrogen-bond acceptors (Lipinski definition) is 2. The van der Waals surface area contributed by atoms with Crippen molar-refractivity contribution in [2.75, 3.05) is 6.54 Å². The summed E-state index contributed by atoms with van der Waals surface area (Å²) in [4.78, 5) is 0. The molecule has 2 rings (SSSR count). The van der Waals surface area contributed by atoms with Crippen LogP contribution in [0.3, 0.4) is 0 Å². The third kappa shape index (κ3) is 1.88. The topological polar surface area (TPSA) is 29.9 Å². The maximum atomic E-state index is 4.60. The summed E-state index contributed by atoms with van der Waals surface area (Å²) in [7, 11) is 0. The van der Waals surface area contributed by atoms with Crippen LogP contribution in [-0.4, -0.2) is 22.4 Å². The van der Waals surface area contributed by atoms with Crippen LogP contribution in [0.15, 0.2) is 0 Å². The van der Waals surface area contributed by atoms with E-state index in [2.05, 4.69) is 42.8 Å². The van der Waals surface area contributed by atoms with Gasteiger partial charge in [0.15, 0.2) is 0 Å². The molecule has 1 aromatic rings. The van der Waals surface area contributed by atoms with Gasteiger partial charge in [0.1, 0.15) is 0 Å². The number of nitrogens with zero attached hydrogens (tertiary/aromatic N) is 2. The number of aryl methyl sites for hydroxylation is 2. The molecule has 1 aliphatic carbocycles. The van der Waals surface area contributed by atoms with Crippen LogP contribution in [-0.2, 0) is 6.54 Å². The maximum absolute atomic E-state index is 4.60. The highest BCUT2D eigenvalue weighted by molar-refractivity contribution is 5.31. The van der Waals surface area contributed by atoms with Crippen molar-refractivity contribution in [3.05, 3.63) is 17.0 Å². The molecule has 0 saturated heterocycles. The molecule has 1 aliphatic rings. The van der Waals surface area contributed by atoms with E-state index in [9.17, 15) is 0 Å². The van der Waals surface area contributed by atoms with E-state index in [1.165, 1.54) is 29.8 Å². The van der Waals surface area contributed by atoms with E-state index in [0.717, 1.165) is 25.0 Å². The summed E-state index contributed by atoms with van der Waals surface area (Å²) in [5.74, 6) is 0.740. The minimum absolute atomic E-state index is 0.735. The molecular formula is C13H23N3. The fourth-order valence-corrected chi connectivity index (χ4v) is 2.92. The molecule has 0 aliphatic heterocycles. The normalized spacial score (nSPS) is 24.5. The smallest absolute Gasteiger partial charge is 0.0631 e. The molecule has 16 heavy (non-hydrogen) atoms. The molecule has 0 amide bonds. The number of hydrogen-bond donors (Lipinski definition) is 1. The average Bonchev–Trinajstić information content (AvgIpc) is 2.48. The van der Waals surface area contributed by atoms with Gasteiger partial charge in [-0.15, -0.1) is 0 Å². The Hall–Kier alpha value is -0.830. The summed E-state index contributed by atoms with van der Waals surface area (Å²) in [6.07, 6.45) is 2.57. The Morgan fingerprint density at radius 1 is 1.31 bits per heavy atom. The average molecular weight is 221 g/mol. The van der Waals surface area contributed by atoms with Gasteiger partial charge in [0.2, 0.25) is 0 Å². The van der Waals surface area contributed by atoms with E-state index in [0.29, 0.717) is 0 Å².